The number of ether oxygens (including phenoxy) is 2. The highest BCUT2D eigenvalue weighted by Crippen LogP contribution is 2.40. The molecule has 1 saturated heterocycles. The van der Waals surface area contributed by atoms with Crippen molar-refractivity contribution < 1.29 is 22.8 Å². The van der Waals surface area contributed by atoms with Crippen LogP contribution >= 0.6 is 0 Å². The molecule has 0 aromatic carbocycles. The molecular weight excluding hydrogens is 628 g/mol. The Morgan fingerprint density at radius 1 is 1.04 bits per heavy atom. The van der Waals surface area contributed by atoms with Crippen LogP contribution in [0.2, 0.25) is 0 Å². The minimum Gasteiger partial charge on any atom is -0.474 e. The Bertz CT molecular complexity index is 1860. The predicted octanol–water partition coefficient (Wildman–Crippen LogP) is 3.46. The van der Waals surface area contributed by atoms with E-state index >= 15 is 0 Å². The number of hydrogen-bond donors (Lipinski definition) is 1. The molecule has 4 aromatic rings. The maximum absolute atomic E-state index is 13.2. The topological polar surface area (TPSA) is 184 Å². The van der Waals surface area contributed by atoms with E-state index in [0.717, 1.165) is 44.8 Å². The second kappa shape index (κ2) is 12.9. The third kappa shape index (κ3) is 6.90. The number of rotatable bonds is 11. The molecule has 0 radical (unpaired) electrons. The Labute approximate surface area is 271 Å². The number of nitro groups is 1. The summed E-state index contributed by atoms with van der Waals surface area (Å²) in [4.78, 5) is 35.4. The number of aromatic nitrogens is 6. The van der Waals surface area contributed by atoms with Gasteiger partial charge in [0.25, 0.3) is 0 Å². The molecule has 2 saturated carbocycles. The van der Waals surface area contributed by atoms with Gasteiger partial charge in [-0.3, -0.25) is 9.29 Å². The standard InChI is InChI=1S/C30H36N10O6S/c1-47(43,44)38(19-23-18-34-30(40(41)42)39(23)21-5-6-21)22-15-25-26(33-17-22)16-27(37-11-13-45-14-12-37)36-28(25)46-24-7-3-20(4-8-24)35-29-31-9-2-10-32-29/h2,9-10,15-18,20-21,24H,3-8,11-14,19H2,1H3,(H,31,32,35). The van der Waals surface area contributed by atoms with E-state index in [0.29, 0.717) is 66.2 Å². The first-order valence-electron chi connectivity index (χ1n) is 15.7. The van der Waals surface area contributed by atoms with E-state index in [9.17, 15) is 18.5 Å². The average Bonchev–Trinajstić information content (AvgIpc) is 3.82. The largest absolute Gasteiger partial charge is 0.474 e. The lowest BCUT2D eigenvalue weighted by molar-refractivity contribution is -0.396. The number of fused-ring (bicyclic) bond motifs is 1. The van der Waals surface area contributed by atoms with E-state index in [1.807, 2.05) is 6.07 Å². The third-order valence-electron chi connectivity index (χ3n) is 8.73. The predicted molar refractivity (Wildman–Crippen MR) is 173 cm³/mol. The molecule has 0 atom stereocenters. The Morgan fingerprint density at radius 2 is 1.79 bits per heavy atom. The summed E-state index contributed by atoms with van der Waals surface area (Å²) in [5, 5.41) is 15.6. The normalized spacial score (nSPS) is 20.2. The summed E-state index contributed by atoms with van der Waals surface area (Å²) in [6.45, 7) is 2.39. The monoisotopic (exact) mass is 664 g/mol. The van der Waals surface area contributed by atoms with Crippen LogP contribution < -0.4 is 19.3 Å². The number of morpholine rings is 1. The van der Waals surface area contributed by atoms with Crippen molar-refractivity contribution in [2.45, 2.75) is 63.3 Å². The van der Waals surface area contributed by atoms with Crippen LogP contribution in [0.25, 0.3) is 10.9 Å². The van der Waals surface area contributed by atoms with Crippen LogP contribution in [0, 0.1) is 10.1 Å². The zero-order chi connectivity index (χ0) is 32.5. The second-order valence-electron chi connectivity index (χ2n) is 12.1. The zero-order valence-electron chi connectivity index (χ0n) is 25.9. The number of anilines is 3. The van der Waals surface area contributed by atoms with Gasteiger partial charge >= 0.3 is 5.95 Å². The number of nitrogens with zero attached hydrogens (tertiary/aromatic N) is 9. The van der Waals surface area contributed by atoms with Crippen LogP contribution in [-0.4, -0.2) is 87.5 Å². The molecule has 248 valence electrons. The van der Waals surface area contributed by atoms with Crippen LogP contribution in [0.15, 0.2) is 43.0 Å². The lowest BCUT2D eigenvalue weighted by Crippen LogP contribution is -2.37. The molecule has 3 aliphatic rings. The van der Waals surface area contributed by atoms with Crippen molar-refractivity contribution in [3.8, 4) is 5.88 Å². The van der Waals surface area contributed by atoms with Crippen LogP contribution in [-0.2, 0) is 21.3 Å². The average molecular weight is 665 g/mol. The number of sulfonamides is 1. The van der Waals surface area contributed by atoms with Crippen LogP contribution in [0.5, 0.6) is 5.88 Å². The molecule has 17 heteroatoms. The van der Waals surface area contributed by atoms with Crippen LogP contribution in [0.1, 0.15) is 50.3 Å². The zero-order valence-corrected chi connectivity index (χ0v) is 26.8. The molecular formula is C30H36N10O6S. The second-order valence-corrected chi connectivity index (χ2v) is 14.0. The molecule has 2 aliphatic carbocycles. The molecule has 0 spiro atoms. The lowest BCUT2D eigenvalue weighted by atomic mass is 9.93. The van der Waals surface area contributed by atoms with Gasteiger partial charge in [0, 0.05) is 37.6 Å². The summed E-state index contributed by atoms with van der Waals surface area (Å²) >= 11 is 0. The summed E-state index contributed by atoms with van der Waals surface area (Å²) < 4.78 is 41.2. The van der Waals surface area contributed by atoms with Gasteiger partial charge in [-0.15, -0.1) is 0 Å². The van der Waals surface area contributed by atoms with E-state index in [1.54, 1.807) is 24.5 Å². The molecule has 3 fully saturated rings. The smallest absolute Gasteiger partial charge is 0.435 e. The number of hydrogen-bond acceptors (Lipinski definition) is 13. The highest BCUT2D eigenvalue weighted by molar-refractivity contribution is 7.92. The van der Waals surface area contributed by atoms with Gasteiger partial charge < -0.3 is 29.8 Å². The minimum absolute atomic E-state index is 0.0719. The molecule has 0 amide bonds. The Balaban J connectivity index is 1.19. The molecule has 16 nitrogen and oxygen atoms in total. The van der Waals surface area contributed by atoms with Gasteiger partial charge in [-0.2, -0.15) is 4.98 Å². The van der Waals surface area contributed by atoms with Gasteiger partial charge in [-0.25, -0.2) is 23.0 Å². The fourth-order valence-electron chi connectivity index (χ4n) is 6.20. The van der Waals surface area contributed by atoms with Gasteiger partial charge in [0.1, 0.15) is 23.8 Å². The summed E-state index contributed by atoms with van der Waals surface area (Å²) in [6, 6.07) is 5.54. The van der Waals surface area contributed by atoms with Crippen molar-refractivity contribution >= 4 is 44.3 Å². The quantitative estimate of drug-likeness (QED) is 0.182. The van der Waals surface area contributed by atoms with Gasteiger partial charge in [0.05, 0.1) is 54.8 Å². The van der Waals surface area contributed by atoms with E-state index in [-0.39, 0.29) is 30.7 Å². The Hall–Kier alpha value is -4.64. The summed E-state index contributed by atoms with van der Waals surface area (Å²) in [7, 11) is -3.83. The molecule has 0 unspecified atom stereocenters. The van der Waals surface area contributed by atoms with E-state index in [4.69, 9.17) is 19.4 Å². The van der Waals surface area contributed by atoms with Crippen molar-refractivity contribution in [3.63, 3.8) is 0 Å². The summed E-state index contributed by atoms with van der Waals surface area (Å²) in [6.07, 6.45) is 12.1. The molecule has 47 heavy (non-hydrogen) atoms. The molecule has 7 rings (SSSR count). The van der Waals surface area contributed by atoms with Crippen LogP contribution in [0.4, 0.5) is 23.4 Å². The van der Waals surface area contributed by atoms with Gasteiger partial charge in [-0.1, -0.05) is 4.98 Å². The number of pyridine rings is 2. The number of nitrogens with one attached hydrogen (secondary N) is 1. The SMILES string of the molecule is CS(=O)(=O)N(Cc1cnc([N+](=O)[O-])n1C1CC1)c1cnc2cc(N3CCOCC3)nc(OC3CCC(Nc4ncccn4)CC3)c2c1. The third-order valence-corrected chi connectivity index (χ3v) is 9.87. The van der Waals surface area contributed by atoms with Crippen molar-refractivity contribution in [1.82, 2.24) is 29.5 Å². The maximum Gasteiger partial charge on any atom is 0.435 e. The first-order valence-corrected chi connectivity index (χ1v) is 17.6. The lowest BCUT2D eigenvalue weighted by Gasteiger charge is -2.31. The molecule has 4 aromatic heterocycles. The van der Waals surface area contributed by atoms with E-state index < -0.39 is 14.9 Å². The van der Waals surface area contributed by atoms with Gasteiger partial charge in [-0.05, 0) is 55.6 Å². The van der Waals surface area contributed by atoms with Crippen molar-refractivity contribution in [1.29, 1.82) is 0 Å². The maximum atomic E-state index is 13.2. The van der Waals surface area contributed by atoms with E-state index in [2.05, 4.69) is 25.2 Å². The van der Waals surface area contributed by atoms with Crippen molar-refractivity contribution in [2.75, 3.05) is 47.1 Å². The minimum atomic E-state index is -3.83. The van der Waals surface area contributed by atoms with E-state index in [1.165, 1.54) is 21.3 Å². The summed E-state index contributed by atoms with van der Waals surface area (Å²) in [5.41, 5.74) is 1.35. The van der Waals surface area contributed by atoms with Gasteiger partial charge in [0.2, 0.25) is 21.9 Å². The molecule has 0 bridgehead atoms. The fraction of sp³-hybridized carbons (Fsp3) is 0.500. The Kier molecular flexibility index (Phi) is 8.48. The first-order chi connectivity index (χ1) is 22.7. The number of imidazole rings is 1. The molecule has 1 aliphatic heterocycles. The fourth-order valence-corrected chi connectivity index (χ4v) is 7.05. The first kappa shape index (κ1) is 31.0. The van der Waals surface area contributed by atoms with Crippen LogP contribution in [0.3, 0.4) is 0 Å². The molecule has 1 N–H and O–H groups in total. The summed E-state index contributed by atoms with van der Waals surface area (Å²) in [5.74, 6) is 1.41. The Morgan fingerprint density at radius 3 is 2.47 bits per heavy atom. The van der Waals surface area contributed by atoms with Gasteiger partial charge in [0.15, 0.2) is 0 Å². The molecule has 5 heterocycles. The highest BCUT2D eigenvalue weighted by atomic mass is 32.2. The highest BCUT2D eigenvalue weighted by Gasteiger charge is 2.37. The van der Waals surface area contributed by atoms with Crippen molar-refractivity contribution in [2.24, 2.45) is 0 Å². The van der Waals surface area contributed by atoms with Crippen molar-refractivity contribution in [3.05, 3.63) is 58.8 Å².